The summed E-state index contributed by atoms with van der Waals surface area (Å²) in [5.74, 6) is 0. The average molecular weight is 305 g/mol. The maximum absolute atomic E-state index is 12.1. The van der Waals surface area contributed by atoms with Crippen LogP contribution >= 0.6 is 0 Å². The standard InChI is InChI=1S/C18H27NO3/c1-5-14-6-8-15(9-7-14)18(21)10-12-19(13-11-18)16(20)22-17(2,3)4/h6-9,21H,5,10-13H2,1-4H3. The highest BCUT2D eigenvalue weighted by atomic mass is 16.6. The van der Waals surface area contributed by atoms with E-state index in [1.807, 2.05) is 32.9 Å². The SMILES string of the molecule is CCc1ccc(C2(O)CCN(C(=O)OC(C)(C)C)CC2)cc1. The maximum Gasteiger partial charge on any atom is 0.410 e. The van der Waals surface area contributed by atoms with Gasteiger partial charge in [0, 0.05) is 13.1 Å². The van der Waals surface area contributed by atoms with E-state index in [0.29, 0.717) is 25.9 Å². The Morgan fingerprint density at radius 3 is 2.23 bits per heavy atom. The van der Waals surface area contributed by atoms with Crippen LogP contribution in [0.5, 0.6) is 0 Å². The fourth-order valence-electron chi connectivity index (χ4n) is 2.73. The minimum atomic E-state index is -0.842. The van der Waals surface area contributed by atoms with Gasteiger partial charge in [-0.2, -0.15) is 0 Å². The van der Waals surface area contributed by atoms with Gasteiger partial charge < -0.3 is 14.7 Å². The fourth-order valence-corrected chi connectivity index (χ4v) is 2.73. The second-order valence-corrected chi connectivity index (χ2v) is 7.05. The third-order valence-corrected chi connectivity index (χ3v) is 4.14. The summed E-state index contributed by atoms with van der Waals surface area (Å²) in [6, 6.07) is 8.13. The van der Waals surface area contributed by atoms with Gasteiger partial charge in [-0.15, -0.1) is 0 Å². The van der Waals surface area contributed by atoms with Crippen molar-refractivity contribution in [3.05, 3.63) is 35.4 Å². The number of piperidine rings is 1. The lowest BCUT2D eigenvalue weighted by Gasteiger charge is -2.39. The molecule has 0 saturated carbocycles. The second-order valence-electron chi connectivity index (χ2n) is 7.05. The fraction of sp³-hybridized carbons (Fsp3) is 0.611. The van der Waals surface area contributed by atoms with E-state index in [4.69, 9.17) is 4.74 Å². The Morgan fingerprint density at radius 2 is 1.77 bits per heavy atom. The maximum atomic E-state index is 12.1. The lowest BCUT2D eigenvalue weighted by Crippen LogP contribution is -2.46. The van der Waals surface area contributed by atoms with Gasteiger partial charge in [-0.25, -0.2) is 4.79 Å². The number of amides is 1. The molecule has 0 unspecified atom stereocenters. The van der Waals surface area contributed by atoms with Crippen LogP contribution in [0.25, 0.3) is 0 Å². The van der Waals surface area contributed by atoms with Gasteiger partial charge in [0.1, 0.15) is 5.60 Å². The quantitative estimate of drug-likeness (QED) is 0.910. The second kappa shape index (κ2) is 6.29. The van der Waals surface area contributed by atoms with Crippen molar-refractivity contribution in [2.75, 3.05) is 13.1 Å². The normalized spacial score (nSPS) is 18.1. The Balaban J connectivity index is 1.99. The molecule has 0 aromatic heterocycles. The number of nitrogens with zero attached hydrogens (tertiary/aromatic N) is 1. The lowest BCUT2D eigenvalue weighted by atomic mass is 9.84. The Bertz CT molecular complexity index is 508. The largest absolute Gasteiger partial charge is 0.444 e. The average Bonchev–Trinajstić information content (AvgIpc) is 2.46. The molecule has 1 saturated heterocycles. The number of carbonyl (C=O) groups is 1. The molecule has 2 rings (SSSR count). The molecule has 0 bridgehead atoms. The zero-order valence-corrected chi connectivity index (χ0v) is 14.1. The number of aryl methyl sites for hydroxylation is 1. The summed E-state index contributed by atoms with van der Waals surface area (Å²) in [5, 5.41) is 10.9. The number of aliphatic hydroxyl groups is 1. The number of hydrogen-bond donors (Lipinski definition) is 1. The van der Waals surface area contributed by atoms with Crippen LogP contribution in [0.1, 0.15) is 51.7 Å². The van der Waals surface area contributed by atoms with Crippen molar-refractivity contribution in [2.45, 2.75) is 58.2 Å². The van der Waals surface area contributed by atoms with Gasteiger partial charge in [0.05, 0.1) is 5.60 Å². The molecule has 1 aromatic carbocycles. The molecule has 1 aromatic rings. The molecule has 0 atom stereocenters. The van der Waals surface area contributed by atoms with Gasteiger partial charge in [0.25, 0.3) is 0 Å². The smallest absolute Gasteiger partial charge is 0.410 e. The molecule has 1 aliphatic heterocycles. The molecule has 4 heteroatoms. The Hall–Kier alpha value is -1.55. The van der Waals surface area contributed by atoms with E-state index < -0.39 is 11.2 Å². The van der Waals surface area contributed by atoms with Crippen LogP contribution in [0.4, 0.5) is 4.79 Å². The first-order valence-corrected chi connectivity index (χ1v) is 8.03. The van der Waals surface area contributed by atoms with E-state index in [1.165, 1.54) is 5.56 Å². The minimum absolute atomic E-state index is 0.295. The molecule has 0 aliphatic carbocycles. The number of likely N-dealkylation sites (tertiary alicyclic amines) is 1. The first kappa shape index (κ1) is 16.8. The van der Waals surface area contributed by atoms with E-state index in [-0.39, 0.29) is 6.09 Å². The first-order valence-electron chi connectivity index (χ1n) is 8.03. The number of carbonyl (C=O) groups excluding carboxylic acids is 1. The predicted molar refractivity (Wildman–Crippen MR) is 86.8 cm³/mol. The van der Waals surface area contributed by atoms with Crippen LogP contribution in [0.3, 0.4) is 0 Å². The van der Waals surface area contributed by atoms with Crippen LogP contribution in [-0.4, -0.2) is 34.8 Å². The van der Waals surface area contributed by atoms with Crippen LogP contribution in [0.15, 0.2) is 24.3 Å². The van der Waals surface area contributed by atoms with Gasteiger partial charge in [-0.1, -0.05) is 31.2 Å². The number of ether oxygens (including phenoxy) is 1. The minimum Gasteiger partial charge on any atom is -0.444 e. The topological polar surface area (TPSA) is 49.8 Å². The van der Waals surface area contributed by atoms with E-state index in [0.717, 1.165) is 12.0 Å². The molecule has 1 fully saturated rings. The lowest BCUT2D eigenvalue weighted by molar-refractivity contribution is -0.0356. The Labute approximate surface area is 133 Å². The van der Waals surface area contributed by atoms with Crippen LogP contribution in [0, 0.1) is 0 Å². The van der Waals surface area contributed by atoms with Crippen molar-refractivity contribution < 1.29 is 14.6 Å². The molecule has 122 valence electrons. The summed E-state index contributed by atoms with van der Waals surface area (Å²) in [6.45, 7) is 8.73. The third kappa shape index (κ3) is 4.01. The molecule has 22 heavy (non-hydrogen) atoms. The van der Waals surface area contributed by atoms with E-state index >= 15 is 0 Å². The molecular formula is C18H27NO3. The molecule has 0 spiro atoms. The zero-order chi connectivity index (χ0) is 16.4. The number of benzene rings is 1. The molecule has 1 aliphatic rings. The van der Waals surface area contributed by atoms with Gasteiger partial charge in [-0.3, -0.25) is 0 Å². The monoisotopic (exact) mass is 305 g/mol. The molecular weight excluding hydrogens is 278 g/mol. The van der Waals surface area contributed by atoms with Crippen molar-refractivity contribution >= 4 is 6.09 Å². The number of rotatable bonds is 2. The summed E-state index contributed by atoms with van der Waals surface area (Å²) in [4.78, 5) is 13.7. The van der Waals surface area contributed by atoms with Crippen LogP contribution in [-0.2, 0) is 16.8 Å². The highest BCUT2D eigenvalue weighted by Crippen LogP contribution is 2.33. The molecule has 1 N–H and O–H groups in total. The number of hydrogen-bond acceptors (Lipinski definition) is 3. The van der Waals surface area contributed by atoms with Crippen molar-refractivity contribution in [3.63, 3.8) is 0 Å². The van der Waals surface area contributed by atoms with Crippen molar-refractivity contribution in [1.29, 1.82) is 0 Å². The third-order valence-electron chi connectivity index (χ3n) is 4.14. The molecule has 1 amide bonds. The summed E-state index contributed by atoms with van der Waals surface area (Å²) < 4.78 is 5.39. The summed E-state index contributed by atoms with van der Waals surface area (Å²) in [6.07, 6.45) is 1.77. The summed E-state index contributed by atoms with van der Waals surface area (Å²) in [5.41, 5.74) is 0.873. The van der Waals surface area contributed by atoms with E-state index in [1.54, 1.807) is 4.90 Å². The first-order chi connectivity index (χ1) is 10.2. The van der Waals surface area contributed by atoms with Gasteiger partial charge in [0.2, 0.25) is 0 Å². The highest BCUT2D eigenvalue weighted by molar-refractivity contribution is 5.68. The Morgan fingerprint density at radius 1 is 1.23 bits per heavy atom. The summed E-state index contributed by atoms with van der Waals surface area (Å²) in [7, 11) is 0. The van der Waals surface area contributed by atoms with Crippen molar-refractivity contribution in [2.24, 2.45) is 0 Å². The predicted octanol–water partition coefficient (Wildman–Crippen LogP) is 3.47. The molecule has 0 radical (unpaired) electrons. The van der Waals surface area contributed by atoms with Gasteiger partial charge in [-0.05, 0) is 51.2 Å². The Kier molecular flexibility index (Phi) is 4.81. The molecule has 1 heterocycles. The van der Waals surface area contributed by atoms with Gasteiger partial charge >= 0.3 is 6.09 Å². The molecule has 4 nitrogen and oxygen atoms in total. The van der Waals surface area contributed by atoms with E-state index in [2.05, 4.69) is 19.1 Å². The van der Waals surface area contributed by atoms with E-state index in [9.17, 15) is 9.90 Å². The highest BCUT2D eigenvalue weighted by Gasteiger charge is 2.36. The van der Waals surface area contributed by atoms with Crippen molar-refractivity contribution in [3.8, 4) is 0 Å². The van der Waals surface area contributed by atoms with Crippen LogP contribution in [0.2, 0.25) is 0 Å². The van der Waals surface area contributed by atoms with Gasteiger partial charge in [0.15, 0.2) is 0 Å². The van der Waals surface area contributed by atoms with Crippen LogP contribution < -0.4 is 0 Å². The van der Waals surface area contributed by atoms with Crippen molar-refractivity contribution in [1.82, 2.24) is 4.90 Å². The zero-order valence-electron chi connectivity index (χ0n) is 14.1. The summed E-state index contributed by atoms with van der Waals surface area (Å²) >= 11 is 0.